The van der Waals surface area contributed by atoms with E-state index in [1.54, 1.807) is 26.4 Å². The summed E-state index contributed by atoms with van der Waals surface area (Å²) in [5.41, 5.74) is 2.25. The summed E-state index contributed by atoms with van der Waals surface area (Å²) in [5.74, 6) is 1.96. The highest BCUT2D eigenvalue weighted by Crippen LogP contribution is 2.43. The Morgan fingerprint density at radius 1 is 1.06 bits per heavy atom. The molecule has 170 valence electrons. The van der Waals surface area contributed by atoms with Gasteiger partial charge in [-0.15, -0.1) is 24.0 Å². The van der Waals surface area contributed by atoms with E-state index in [-0.39, 0.29) is 29.4 Å². The number of halogens is 1. The summed E-state index contributed by atoms with van der Waals surface area (Å²) in [6.07, 6.45) is 2.87. The third-order valence-corrected chi connectivity index (χ3v) is 5.84. The predicted octanol–water partition coefficient (Wildman–Crippen LogP) is 4.03. The van der Waals surface area contributed by atoms with E-state index in [1.807, 2.05) is 13.0 Å². The molecule has 0 heterocycles. The first-order chi connectivity index (χ1) is 14.6. The van der Waals surface area contributed by atoms with Crippen LogP contribution >= 0.6 is 24.0 Å². The third-order valence-electron chi connectivity index (χ3n) is 5.84. The molecule has 6 nitrogen and oxygen atoms in total. The first-order valence-electron chi connectivity index (χ1n) is 10.6. The molecule has 31 heavy (non-hydrogen) atoms. The van der Waals surface area contributed by atoms with Crippen LogP contribution in [0.3, 0.4) is 0 Å². The molecule has 1 aliphatic carbocycles. The van der Waals surface area contributed by atoms with Crippen molar-refractivity contribution in [1.29, 1.82) is 0 Å². The fraction of sp³-hybridized carbons (Fsp3) is 0.458. The number of aliphatic hydroxyl groups is 1. The number of nitrogens with one attached hydrogen (secondary N) is 2. The first kappa shape index (κ1) is 25.3. The minimum atomic E-state index is -0.694. The van der Waals surface area contributed by atoms with E-state index >= 15 is 0 Å². The zero-order valence-electron chi connectivity index (χ0n) is 18.6. The molecule has 2 aromatic carbocycles. The number of hydrogen-bond donors (Lipinski definition) is 3. The van der Waals surface area contributed by atoms with Gasteiger partial charge in [0, 0.05) is 18.5 Å². The maximum atomic E-state index is 10.6. The Morgan fingerprint density at radius 2 is 1.77 bits per heavy atom. The second-order valence-corrected chi connectivity index (χ2v) is 7.71. The van der Waals surface area contributed by atoms with Gasteiger partial charge in [0.1, 0.15) is 0 Å². The normalized spacial score (nSPS) is 15.8. The SMILES string of the molecule is CCNC(=NCC1(c2ccccc2)CCC1)NCC(O)c1ccc(OC)c(OC)c1.I. The molecule has 1 aliphatic rings. The van der Waals surface area contributed by atoms with Crippen LogP contribution in [0.2, 0.25) is 0 Å². The van der Waals surface area contributed by atoms with Crippen molar-refractivity contribution in [2.75, 3.05) is 33.9 Å². The van der Waals surface area contributed by atoms with Gasteiger partial charge in [-0.25, -0.2) is 0 Å². The minimum Gasteiger partial charge on any atom is -0.493 e. The third kappa shape index (κ3) is 6.26. The molecule has 0 saturated heterocycles. The molecule has 0 spiro atoms. The van der Waals surface area contributed by atoms with Gasteiger partial charge in [0.2, 0.25) is 0 Å². The highest BCUT2D eigenvalue weighted by Gasteiger charge is 2.38. The Kier molecular flexibility index (Phi) is 9.90. The quantitative estimate of drug-likeness (QED) is 0.255. The Morgan fingerprint density at radius 3 is 2.35 bits per heavy atom. The van der Waals surface area contributed by atoms with Gasteiger partial charge in [-0.05, 0) is 43.0 Å². The van der Waals surface area contributed by atoms with Gasteiger partial charge in [-0.2, -0.15) is 0 Å². The molecule has 1 unspecified atom stereocenters. The fourth-order valence-corrected chi connectivity index (χ4v) is 3.88. The maximum absolute atomic E-state index is 10.6. The second kappa shape index (κ2) is 12.1. The van der Waals surface area contributed by atoms with Crippen LogP contribution in [0.15, 0.2) is 53.5 Å². The molecular formula is C24H34IN3O3. The number of methoxy groups -OCH3 is 2. The largest absolute Gasteiger partial charge is 0.493 e. The van der Waals surface area contributed by atoms with Crippen molar-refractivity contribution in [3.05, 3.63) is 59.7 Å². The summed E-state index contributed by atoms with van der Waals surface area (Å²) < 4.78 is 10.6. The van der Waals surface area contributed by atoms with Crippen molar-refractivity contribution in [2.45, 2.75) is 37.7 Å². The summed E-state index contributed by atoms with van der Waals surface area (Å²) in [6, 6.07) is 16.1. The van der Waals surface area contributed by atoms with E-state index in [2.05, 4.69) is 41.0 Å². The van der Waals surface area contributed by atoms with Crippen molar-refractivity contribution in [2.24, 2.45) is 4.99 Å². The van der Waals surface area contributed by atoms with Crippen LogP contribution in [0.4, 0.5) is 0 Å². The molecule has 0 bridgehead atoms. The Balaban J connectivity index is 0.00000341. The highest BCUT2D eigenvalue weighted by atomic mass is 127. The van der Waals surface area contributed by atoms with E-state index in [0.717, 1.165) is 37.5 Å². The average Bonchev–Trinajstić information content (AvgIpc) is 2.76. The predicted molar refractivity (Wildman–Crippen MR) is 136 cm³/mol. The number of nitrogens with zero attached hydrogens (tertiary/aromatic N) is 1. The lowest BCUT2D eigenvalue weighted by Crippen LogP contribution is -2.42. The van der Waals surface area contributed by atoms with Crippen molar-refractivity contribution < 1.29 is 14.6 Å². The highest BCUT2D eigenvalue weighted by molar-refractivity contribution is 14.0. The van der Waals surface area contributed by atoms with E-state index < -0.39 is 6.10 Å². The number of aliphatic hydroxyl groups excluding tert-OH is 1. The lowest BCUT2D eigenvalue weighted by atomic mass is 9.64. The lowest BCUT2D eigenvalue weighted by Gasteiger charge is -2.41. The van der Waals surface area contributed by atoms with E-state index in [1.165, 1.54) is 12.0 Å². The molecule has 0 aromatic heterocycles. The van der Waals surface area contributed by atoms with Crippen LogP contribution in [0.25, 0.3) is 0 Å². The standard InChI is InChI=1S/C24H33N3O3.HI/c1-4-25-23(27-17-24(13-8-14-24)19-9-6-5-7-10-19)26-16-20(28)18-11-12-21(29-2)22(15-18)30-3;/h5-7,9-12,15,20,28H,4,8,13-14,16-17H2,1-3H3,(H2,25,26,27);1H. The minimum absolute atomic E-state index is 0. The fourth-order valence-electron chi connectivity index (χ4n) is 3.88. The number of ether oxygens (including phenoxy) is 2. The lowest BCUT2D eigenvalue weighted by molar-refractivity contribution is 0.180. The molecule has 0 aliphatic heterocycles. The number of hydrogen-bond acceptors (Lipinski definition) is 4. The average molecular weight is 539 g/mol. The van der Waals surface area contributed by atoms with E-state index in [4.69, 9.17) is 14.5 Å². The van der Waals surface area contributed by atoms with E-state index in [9.17, 15) is 5.11 Å². The van der Waals surface area contributed by atoms with Gasteiger partial charge >= 0.3 is 0 Å². The van der Waals surface area contributed by atoms with Crippen LogP contribution in [-0.2, 0) is 5.41 Å². The Hall–Kier alpha value is -2.00. The molecule has 0 amide bonds. The Labute approximate surface area is 202 Å². The molecule has 0 radical (unpaired) electrons. The summed E-state index contributed by atoms with van der Waals surface area (Å²) in [6.45, 7) is 3.88. The molecule has 3 N–H and O–H groups in total. The molecule has 2 aromatic rings. The van der Waals surface area contributed by atoms with Crippen molar-refractivity contribution in [3.63, 3.8) is 0 Å². The van der Waals surface area contributed by atoms with E-state index in [0.29, 0.717) is 18.0 Å². The summed E-state index contributed by atoms with van der Waals surface area (Å²) in [5, 5.41) is 17.2. The van der Waals surface area contributed by atoms with Gasteiger partial charge in [-0.1, -0.05) is 42.8 Å². The molecule has 7 heteroatoms. The van der Waals surface area contributed by atoms with Crippen LogP contribution in [0.5, 0.6) is 11.5 Å². The number of aliphatic imine (C=N–C) groups is 1. The van der Waals surface area contributed by atoms with Crippen LogP contribution in [0.1, 0.15) is 43.4 Å². The second-order valence-electron chi connectivity index (χ2n) is 7.71. The van der Waals surface area contributed by atoms with Crippen molar-refractivity contribution in [1.82, 2.24) is 10.6 Å². The molecule has 1 saturated carbocycles. The molecule has 1 fully saturated rings. The van der Waals surface area contributed by atoms with Gasteiger partial charge in [0.05, 0.1) is 26.9 Å². The smallest absolute Gasteiger partial charge is 0.191 e. The number of rotatable bonds is 9. The summed E-state index contributed by atoms with van der Waals surface area (Å²) in [7, 11) is 3.18. The summed E-state index contributed by atoms with van der Waals surface area (Å²) >= 11 is 0. The number of guanidine groups is 1. The van der Waals surface area contributed by atoms with Gasteiger partial charge in [0.15, 0.2) is 17.5 Å². The molecule has 1 atom stereocenters. The van der Waals surface area contributed by atoms with Gasteiger partial charge in [0.25, 0.3) is 0 Å². The Bertz CT molecular complexity index is 841. The van der Waals surface area contributed by atoms with Gasteiger partial charge < -0.3 is 25.2 Å². The zero-order chi connectivity index (χ0) is 21.4. The van der Waals surface area contributed by atoms with Crippen molar-refractivity contribution in [3.8, 4) is 11.5 Å². The van der Waals surface area contributed by atoms with Crippen LogP contribution in [0, 0.1) is 0 Å². The maximum Gasteiger partial charge on any atom is 0.191 e. The van der Waals surface area contributed by atoms with Crippen LogP contribution < -0.4 is 20.1 Å². The molecular weight excluding hydrogens is 505 g/mol. The summed E-state index contributed by atoms with van der Waals surface area (Å²) in [4.78, 5) is 4.85. The molecule has 3 rings (SSSR count). The number of benzene rings is 2. The van der Waals surface area contributed by atoms with Gasteiger partial charge in [-0.3, -0.25) is 4.99 Å². The van der Waals surface area contributed by atoms with Crippen molar-refractivity contribution >= 4 is 29.9 Å². The zero-order valence-corrected chi connectivity index (χ0v) is 20.9. The first-order valence-corrected chi connectivity index (χ1v) is 10.6. The van der Waals surface area contributed by atoms with Crippen LogP contribution in [-0.4, -0.2) is 44.9 Å². The topological polar surface area (TPSA) is 75.1 Å². The monoisotopic (exact) mass is 539 g/mol.